The Morgan fingerprint density at radius 2 is 1.71 bits per heavy atom. The van der Waals surface area contributed by atoms with E-state index in [0.717, 1.165) is 30.0 Å². The molecule has 1 aromatic carbocycles. The molecule has 0 saturated heterocycles. The molecule has 0 amide bonds. The van der Waals surface area contributed by atoms with E-state index < -0.39 is 0 Å². The maximum absolute atomic E-state index is 9.02. The van der Waals surface area contributed by atoms with Crippen molar-refractivity contribution in [3.8, 4) is 23.6 Å². The molecule has 0 spiro atoms. The van der Waals surface area contributed by atoms with Crippen molar-refractivity contribution in [3.63, 3.8) is 0 Å². The third kappa shape index (κ3) is 2.88. The van der Waals surface area contributed by atoms with E-state index in [1.54, 1.807) is 12.1 Å². The zero-order chi connectivity index (χ0) is 15.4. The summed E-state index contributed by atoms with van der Waals surface area (Å²) in [6.07, 6.45) is 1.55. The number of hydrogen-bond donors (Lipinski definition) is 0. The SMILES string of the molecule is CCc1nn(C)c(CC)c1Oc1cc(C#N)cc(C#N)c1. The molecule has 106 valence electrons. The van der Waals surface area contributed by atoms with E-state index >= 15 is 0 Å². The molecule has 1 heterocycles. The Labute approximate surface area is 124 Å². The molecule has 0 aliphatic rings. The largest absolute Gasteiger partial charge is 0.453 e. The summed E-state index contributed by atoms with van der Waals surface area (Å²) in [7, 11) is 1.89. The van der Waals surface area contributed by atoms with Gasteiger partial charge in [-0.15, -0.1) is 0 Å². The summed E-state index contributed by atoms with van der Waals surface area (Å²) in [5.41, 5.74) is 2.68. The molecular weight excluding hydrogens is 264 g/mol. The van der Waals surface area contributed by atoms with E-state index in [2.05, 4.69) is 5.10 Å². The van der Waals surface area contributed by atoms with E-state index in [1.165, 1.54) is 6.07 Å². The van der Waals surface area contributed by atoms with Crippen molar-refractivity contribution in [2.45, 2.75) is 26.7 Å². The fourth-order valence-electron chi connectivity index (χ4n) is 2.24. The predicted molar refractivity (Wildman–Crippen MR) is 77.9 cm³/mol. The van der Waals surface area contributed by atoms with Crippen LogP contribution in [0.25, 0.3) is 0 Å². The third-order valence-electron chi connectivity index (χ3n) is 3.24. The summed E-state index contributed by atoms with van der Waals surface area (Å²) in [6.45, 7) is 4.05. The van der Waals surface area contributed by atoms with Crippen LogP contribution in [-0.4, -0.2) is 9.78 Å². The molecule has 0 fully saturated rings. The molecule has 21 heavy (non-hydrogen) atoms. The fraction of sp³-hybridized carbons (Fsp3) is 0.312. The van der Waals surface area contributed by atoms with Gasteiger partial charge >= 0.3 is 0 Å². The molecule has 5 nitrogen and oxygen atoms in total. The molecule has 2 aromatic rings. The monoisotopic (exact) mass is 280 g/mol. The molecule has 0 aliphatic heterocycles. The predicted octanol–water partition coefficient (Wildman–Crippen LogP) is 3.08. The van der Waals surface area contributed by atoms with Crippen LogP contribution in [-0.2, 0) is 19.9 Å². The minimum atomic E-state index is 0.407. The highest BCUT2D eigenvalue weighted by molar-refractivity contribution is 5.48. The first-order chi connectivity index (χ1) is 10.1. The highest BCUT2D eigenvalue weighted by atomic mass is 16.5. The average molecular weight is 280 g/mol. The molecule has 0 bridgehead atoms. The summed E-state index contributed by atoms with van der Waals surface area (Å²) >= 11 is 0. The van der Waals surface area contributed by atoms with Crippen LogP contribution in [0.2, 0.25) is 0 Å². The first-order valence-corrected chi connectivity index (χ1v) is 6.80. The number of nitriles is 2. The number of ether oxygens (including phenoxy) is 1. The number of nitrogens with zero attached hydrogens (tertiary/aromatic N) is 4. The van der Waals surface area contributed by atoms with Gasteiger partial charge in [-0.2, -0.15) is 15.6 Å². The van der Waals surface area contributed by atoms with Crippen molar-refractivity contribution in [3.05, 3.63) is 40.7 Å². The molecule has 0 unspecified atom stereocenters. The molecule has 1 aromatic heterocycles. The van der Waals surface area contributed by atoms with Crippen molar-refractivity contribution in [2.75, 3.05) is 0 Å². The van der Waals surface area contributed by atoms with Crippen LogP contribution in [0.5, 0.6) is 11.5 Å². The van der Waals surface area contributed by atoms with Gasteiger partial charge in [-0.3, -0.25) is 4.68 Å². The summed E-state index contributed by atoms with van der Waals surface area (Å²) in [4.78, 5) is 0. The normalized spacial score (nSPS) is 9.95. The van der Waals surface area contributed by atoms with Crippen LogP contribution in [0, 0.1) is 22.7 Å². The van der Waals surface area contributed by atoms with E-state index in [4.69, 9.17) is 15.3 Å². The van der Waals surface area contributed by atoms with Crippen LogP contribution >= 0.6 is 0 Å². The number of aryl methyl sites for hydroxylation is 2. The lowest BCUT2D eigenvalue weighted by atomic mass is 10.1. The molecule has 2 rings (SSSR count). The van der Waals surface area contributed by atoms with Gasteiger partial charge in [-0.25, -0.2) is 0 Å². The highest BCUT2D eigenvalue weighted by Gasteiger charge is 2.16. The van der Waals surface area contributed by atoms with Crippen LogP contribution < -0.4 is 4.74 Å². The molecule has 5 heteroatoms. The van der Waals surface area contributed by atoms with Crippen molar-refractivity contribution in [1.29, 1.82) is 10.5 Å². The lowest BCUT2D eigenvalue weighted by Crippen LogP contribution is -1.97. The van der Waals surface area contributed by atoms with Gasteiger partial charge in [0.05, 0.1) is 29.0 Å². The van der Waals surface area contributed by atoms with Crippen LogP contribution in [0.3, 0.4) is 0 Å². The second-order valence-corrected chi connectivity index (χ2v) is 4.62. The van der Waals surface area contributed by atoms with Crippen molar-refractivity contribution in [1.82, 2.24) is 9.78 Å². The third-order valence-corrected chi connectivity index (χ3v) is 3.24. The summed E-state index contributed by atoms with van der Waals surface area (Å²) < 4.78 is 7.76. The van der Waals surface area contributed by atoms with Gasteiger partial charge < -0.3 is 4.74 Å². The van der Waals surface area contributed by atoms with Crippen molar-refractivity contribution < 1.29 is 4.74 Å². The van der Waals surface area contributed by atoms with E-state index in [0.29, 0.717) is 16.9 Å². The van der Waals surface area contributed by atoms with Gasteiger partial charge in [-0.05, 0) is 31.0 Å². The molecular formula is C16H16N4O. The number of rotatable bonds is 4. The molecule has 0 radical (unpaired) electrons. The summed E-state index contributed by atoms with van der Waals surface area (Å²) in [5.74, 6) is 1.21. The molecule has 0 atom stereocenters. The lowest BCUT2D eigenvalue weighted by Gasteiger charge is -2.08. The number of benzene rings is 1. The second kappa shape index (κ2) is 6.11. The minimum Gasteiger partial charge on any atom is -0.453 e. The Morgan fingerprint density at radius 1 is 1.10 bits per heavy atom. The average Bonchev–Trinajstić information content (AvgIpc) is 2.81. The van der Waals surface area contributed by atoms with E-state index in [9.17, 15) is 0 Å². The summed E-state index contributed by atoms with van der Waals surface area (Å²) in [6, 6.07) is 8.88. The van der Waals surface area contributed by atoms with Gasteiger partial charge in [0.25, 0.3) is 0 Å². The van der Waals surface area contributed by atoms with Crippen molar-refractivity contribution in [2.24, 2.45) is 7.05 Å². The van der Waals surface area contributed by atoms with E-state index in [-0.39, 0.29) is 0 Å². The molecule has 0 N–H and O–H groups in total. The smallest absolute Gasteiger partial charge is 0.171 e. The van der Waals surface area contributed by atoms with Gasteiger partial charge in [0, 0.05) is 7.05 Å². The van der Waals surface area contributed by atoms with E-state index in [1.807, 2.05) is 37.7 Å². The Kier molecular flexibility index (Phi) is 4.25. The Bertz CT molecular complexity index is 715. The highest BCUT2D eigenvalue weighted by Crippen LogP contribution is 2.30. The molecule has 0 aliphatic carbocycles. The molecule has 0 saturated carbocycles. The zero-order valence-corrected chi connectivity index (χ0v) is 12.3. The number of hydrogen-bond acceptors (Lipinski definition) is 4. The minimum absolute atomic E-state index is 0.407. The quantitative estimate of drug-likeness (QED) is 0.862. The maximum Gasteiger partial charge on any atom is 0.171 e. The number of aromatic nitrogens is 2. The van der Waals surface area contributed by atoms with Crippen LogP contribution in [0.1, 0.15) is 36.4 Å². The second-order valence-electron chi connectivity index (χ2n) is 4.62. The van der Waals surface area contributed by atoms with Crippen LogP contribution in [0.15, 0.2) is 18.2 Å². The van der Waals surface area contributed by atoms with Gasteiger partial charge in [0.2, 0.25) is 0 Å². The summed E-state index contributed by atoms with van der Waals surface area (Å²) in [5, 5.41) is 22.5. The fourth-order valence-corrected chi connectivity index (χ4v) is 2.24. The van der Waals surface area contributed by atoms with Gasteiger partial charge in [0.1, 0.15) is 11.4 Å². The lowest BCUT2D eigenvalue weighted by molar-refractivity contribution is 0.469. The van der Waals surface area contributed by atoms with Gasteiger partial charge in [0.15, 0.2) is 5.75 Å². The topological polar surface area (TPSA) is 74.6 Å². The first kappa shape index (κ1) is 14.6. The Morgan fingerprint density at radius 3 is 2.19 bits per heavy atom. The Hall–Kier alpha value is -2.79. The van der Waals surface area contributed by atoms with Crippen LogP contribution in [0.4, 0.5) is 0 Å². The first-order valence-electron chi connectivity index (χ1n) is 6.80. The zero-order valence-electron chi connectivity index (χ0n) is 12.3. The Balaban J connectivity index is 2.48. The standard InChI is InChI=1S/C16H16N4O/c1-4-14-16(15(5-2)20(3)19-14)21-13-7-11(9-17)6-12(8-13)10-18/h6-8H,4-5H2,1-3H3. The van der Waals surface area contributed by atoms with Crippen molar-refractivity contribution >= 4 is 0 Å². The van der Waals surface area contributed by atoms with Gasteiger partial charge in [-0.1, -0.05) is 13.8 Å². The maximum atomic E-state index is 9.02.